The molecule has 0 aliphatic carbocycles. The van der Waals surface area contributed by atoms with E-state index < -0.39 is 26.7 Å². The first-order chi connectivity index (χ1) is 11.9. The lowest BCUT2D eigenvalue weighted by atomic mass is 10.0. The van der Waals surface area contributed by atoms with E-state index in [0.717, 1.165) is 19.3 Å². The Balaban J connectivity index is 1.79. The van der Waals surface area contributed by atoms with Gasteiger partial charge in [-0.15, -0.1) is 5.10 Å². The molecule has 3 rings (SSSR count). The highest BCUT2D eigenvalue weighted by atomic mass is 35.5. The van der Waals surface area contributed by atoms with Crippen molar-refractivity contribution in [2.75, 3.05) is 12.3 Å². The number of hydrogen-bond acceptors (Lipinski definition) is 6. The van der Waals surface area contributed by atoms with Gasteiger partial charge in [-0.1, -0.05) is 28.8 Å². The number of aromatic nitrogens is 2. The number of nitrogens with zero attached hydrogens (tertiary/aromatic N) is 3. The van der Waals surface area contributed by atoms with E-state index in [4.69, 9.17) is 16.0 Å². The second kappa shape index (κ2) is 7.13. The number of benzene rings is 1. The summed E-state index contributed by atoms with van der Waals surface area (Å²) in [7, 11) is -4.01. The quantitative estimate of drug-likeness (QED) is 0.805. The number of hydrogen-bond donors (Lipinski definition) is 0. The number of likely N-dealkylation sites (tertiary alicyclic amines) is 1. The molecule has 9 heteroatoms. The summed E-state index contributed by atoms with van der Waals surface area (Å²) < 4.78 is 30.2. The van der Waals surface area contributed by atoms with E-state index in [1.165, 1.54) is 0 Å². The zero-order valence-corrected chi connectivity index (χ0v) is 15.3. The highest BCUT2D eigenvalue weighted by Crippen LogP contribution is 2.27. The zero-order chi connectivity index (χ0) is 18.0. The molecule has 2 heterocycles. The van der Waals surface area contributed by atoms with Gasteiger partial charge >= 0.3 is 5.22 Å². The van der Waals surface area contributed by atoms with Crippen LogP contribution in [0, 0.1) is 0 Å². The number of carbonyl (C=O) groups is 1. The molecule has 1 amide bonds. The lowest BCUT2D eigenvalue weighted by molar-refractivity contribution is -0.131. The van der Waals surface area contributed by atoms with Crippen molar-refractivity contribution >= 4 is 27.3 Å². The average molecular weight is 384 g/mol. The van der Waals surface area contributed by atoms with Crippen LogP contribution in [0.1, 0.15) is 26.2 Å². The number of sulfone groups is 1. The molecular weight excluding hydrogens is 366 g/mol. The summed E-state index contributed by atoms with van der Waals surface area (Å²) in [5, 5.41) is 7.13. The van der Waals surface area contributed by atoms with E-state index in [1.54, 1.807) is 29.2 Å². The molecule has 1 aliphatic rings. The molecule has 1 fully saturated rings. The topological polar surface area (TPSA) is 93.4 Å². The van der Waals surface area contributed by atoms with Crippen LogP contribution in [0.25, 0.3) is 11.5 Å². The van der Waals surface area contributed by atoms with Crippen LogP contribution in [0.5, 0.6) is 0 Å². The Morgan fingerprint density at radius 1 is 1.32 bits per heavy atom. The highest BCUT2D eigenvalue weighted by molar-refractivity contribution is 7.91. The van der Waals surface area contributed by atoms with Crippen molar-refractivity contribution in [1.29, 1.82) is 0 Å². The third-order valence-electron chi connectivity index (χ3n) is 4.21. The van der Waals surface area contributed by atoms with Crippen molar-refractivity contribution in [1.82, 2.24) is 15.1 Å². The number of rotatable bonds is 4. The van der Waals surface area contributed by atoms with Gasteiger partial charge < -0.3 is 9.32 Å². The first kappa shape index (κ1) is 17.9. The molecule has 1 aliphatic heterocycles. The Morgan fingerprint density at radius 2 is 2.08 bits per heavy atom. The van der Waals surface area contributed by atoms with Crippen molar-refractivity contribution in [3.63, 3.8) is 0 Å². The predicted octanol–water partition coefficient (Wildman–Crippen LogP) is 2.56. The van der Waals surface area contributed by atoms with Crippen molar-refractivity contribution in [3.8, 4) is 11.5 Å². The van der Waals surface area contributed by atoms with E-state index in [9.17, 15) is 13.2 Å². The molecule has 2 aromatic rings. The molecule has 1 aromatic carbocycles. The Hall–Kier alpha value is -1.93. The van der Waals surface area contributed by atoms with Gasteiger partial charge in [0.25, 0.3) is 0 Å². The van der Waals surface area contributed by atoms with E-state index in [2.05, 4.69) is 10.2 Å². The Morgan fingerprint density at radius 3 is 2.80 bits per heavy atom. The van der Waals surface area contributed by atoms with Gasteiger partial charge in [0, 0.05) is 12.6 Å². The van der Waals surface area contributed by atoms with Gasteiger partial charge in [-0.05, 0) is 38.3 Å². The zero-order valence-electron chi connectivity index (χ0n) is 13.7. The highest BCUT2D eigenvalue weighted by Gasteiger charge is 2.31. The molecule has 1 unspecified atom stereocenters. The van der Waals surface area contributed by atoms with E-state index in [1.807, 2.05) is 6.92 Å². The van der Waals surface area contributed by atoms with Crippen LogP contribution < -0.4 is 0 Å². The number of carbonyl (C=O) groups excluding carboxylic acids is 1. The van der Waals surface area contributed by atoms with Crippen LogP contribution in [-0.2, 0) is 14.6 Å². The third kappa shape index (κ3) is 3.85. The molecule has 1 atom stereocenters. The van der Waals surface area contributed by atoms with Gasteiger partial charge in [0.05, 0.1) is 10.6 Å². The van der Waals surface area contributed by atoms with E-state index in [-0.39, 0.29) is 11.9 Å². The second-order valence-electron chi connectivity index (χ2n) is 6.04. The molecule has 0 bridgehead atoms. The minimum Gasteiger partial charge on any atom is -0.408 e. The van der Waals surface area contributed by atoms with Crippen molar-refractivity contribution < 1.29 is 17.6 Å². The third-order valence-corrected chi connectivity index (χ3v) is 5.87. The lowest BCUT2D eigenvalue weighted by Crippen LogP contribution is -2.44. The fourth-order valence-corrected chi connectivity index (χ4v) is 4.06. The average Bonchev–Trinajstić information content (AvgIpc) is 3.06. The maximum absolute atomic E-state index is 12.4. The summed E-state index contributed by atoms with van der Waals surface area (Å²) >= 11 is 6.05. The standard InChI is InChI=1S/C16H18ClN3O4S/c1-11-6-4-5-9-20(11)14(21)10-25(22,23)16-19-18-15(24-16)12-7-2-3-8-13(12)17/h2-3,7-8,11H,4-6,9-10H2,1H3. The van der Waals surface area contributed by atoms with Crippen LogP contribution in [0.4, 0.5) is 0 Å². The van der Waals surface area contributed by atoms with Gasteiger partial charge in [-0.3, -0.25) is 4.79 Å². The summed E-state index contributed by atoms with van der Waals surface area (Å²) in [6.07, 6.45) is 2.80. The van der Waals surface area contributed by atoms with Gasteiger partial charge in [0.15, 0.2) is 0 Å². The molecule has 0 saturated carbocycles. The number of halogens is 1. The minimum absolute atomic E-state index is 0.00274. The lowest BCUT2D eigenvalue weighted by Gasteiger charge is -2.33. The smallest absolute Gasteiger partial charge is 0.336 e. The van der Waals surface area contributed by atoms with Crippen LogP contribution in [-0.4, -0.2) is 47.8 Å². The van der Waals surface area contributed by atoms with Crippen LogP contribution in [0.15, 0.2) is 33.9 Å². The Kier molecular flexibility index (Phi) is 5.10. The van der Waals surface area contributed by atoms with Crippen LogP contribution >= 0.6 is 11.6 Å². The summed E-state index contributed by atoms with van der Waals surface area (Å²) in [5.74, 6) is -1.12. The maximum atomic E-state index is 12.4. The number of amides is 1. The molecule has 7 nitrogen and oxygen atoms in total. The maximum Gasteiger partial charge on any atom is 0.336 e. The summed E-state index contributed by atoms with van der Waals surface area (Å²) in [6, 6.07) is 6.78. The SMILES string of the molecule is CC1CCCCN1C(=O)CS(=O)(=O)c1nnc(-c2ccccc2Cl)o1. The van der Waals surface area contributed by atoms with Crippen LogP contribution in [0.3, 0.4) is 0 Å². The molecule has 1 saturated heterocycles. The monoisotopic (exact) mass is 383 g/mol. The molecule has 0 spiro atoms. The Labute approximate surface area is 150 Å². The minimum atomic E-state index is -4.01. The first-order valence-electron chi connectivity index (χ1n) is 7.99. The largest absolute Gasteiger partial charge is 0.408 e. The van der Waals surface area contributed by atoms with E-state index >= 15 is 0 Å². The van der Waals surface area contributed by atoms with Gasteiger partial charge in [-0.25, -0.2) is 8.42 Å². The fraction of sp³-hybridized carbons (Fsp3) is 0.438. The molecule has 134 valence electrons. The predicted molar refractivity (Wildman–Crippen MR) is 91.8 cm³/mol. The Bertz CT molecular complexity index is 881. The first-order valence-corrected chi connectivity index (χ1v) is 10.0. The second-order valence-corrected chi connectivity index (χ2v) is 8.32. The van der Waals surface area contributed by atoms with Crippen molar-refractivity contribution in [2.24, 2.45) is 0 Å². The molecule has 1 aromatic heterocycles. The van der Waals surface area contributed by atoms with E-state index in [0.29, 0.717) is 17.1 Å². The number of piperidine rings is 1. The van der Waals surface area contributed by atoms with Crippen molar-refractivity contribution in [3.05, 3.63) is 29.3 Å². The summed E-state index contributed by atoms with van der Waals surface area (Å²) in [4.78, 5) is 14.0. The van der Waals surface area contributed by atoms with Crippen molar-refractivity contribution in [2.45, 2.75) is 37.5 Å². The normalized spacial score (nSPS) is 18.3. The summed E-state index contributed by atoms with van der Waals surface area (Å²) in [5.41, 5.74) is 0.439. The molecule has 0 radical (unpaired) electrons. The molecule has 25 heavy (non-hydrogen) atoms. The molecular formula is C16H18ClN3O4S. The van der Waals surface area contributed by atoms with Gasteiger partial charge in [0.1, 0.15) is 5.75 Å². The fourth-order valence-electron chi connectivity index (χ4n) is 2.85. The van der Waals surface area contributed by atoms with Gasteiger partial charge in [-0.2, -0.15) is 0 Å². The van der Waals surface area contributed by atoms with Gasteiger partial charge in [0.2, 0.25) is 21.6 Å². The van der Waals surface area contributed by atoms with Crippen LogP contribution in [0.2, 0.25) is 5.02 Å². The summed E-state index contributed by atoms with van der Waals surface area (Å²) in [6.45, 7) is 2.50. The molecule has 0 N–H and O–H groups in total.